The van der Waals surface area contributed by atoms with E-state index in [-0.39, 0.29) is 17.6 Å². The first kappa shape index (κ1) is 20.6. The van der Waals surface area contributed by atoms with E-state index in [1.165, 1.54) is 49.4 Å². The van der Waals surface area contributed by atoms with Crippen molar-refractivity contribution in [3.63, 3.8) is 0 Å². The van der Waals surface area contributed by atoms with Crippen LogP contribution in [0.4, 0.5) is 0 Å². The molecular weight excluding hydrogens is 370 g/mol. The van der Waals surface area contributed by atoms with Crippen LogP contribution in [0.5, 0.6) is 0 Å². The minimum Gasteiger partial charge on any atom is -0.355 e. The van der Waals surface area contributed by atoms with Crippen LogP contribution < -0.4 is 5.32 Å². The summed E-state index contributed by atoms with van der Waals surface area (Å²) in [6.45, 7) is 5.26. The zero-order valence-corrected chi connectivity index (χ0v) is 17.6. The van der Waals surface area contributed by atoms with Gasteiger partial charge in [-0.25, -0.2) is 4.99 Å². The summed E-state index contributed by atoms with van der Waals surface area (Å²) >= 11 is 1.33. The monoisotopic (exact) mass is 399 g/mol. The number of rotatable bonds is 6. The van der Waals surface area contributed by atoms with E-state index in [1.807, 2.05) is 38.1 Å². The summed E-state index contributed by atoms with van der Waals surface area (Å²) in [7, 11) is 0. The Morgan fingerprint density at radius 3 is 2.64 bits per heavy atom. The van der Waals surface area contributed by atoms with E-state index < -0.39 is 0 Å². The molecule has 1 aromatic carbocycles. The molecule has 0 radical (unpaired) electrons. The number of hydrogen-bond donors (Lipinski definition) is 1. The summed E-state index contributed by atoms with van der Waals surface area (Å²) in [6.07, 6.45) is 8.10. The molecule has 1 aliphatic heterocycles. The van der Waals surface area contributed by atoms with E-state index >= 15 is 0 Å². The van der Waals surface area contributed by atoms with Gasteiger partial charge < -0.3 is 5.32 Å². The van der Waals surface area contributed by atoms with E-state index in [1.54, 1.807) is 11.0 Å². The van der Waals surface area contributed by atoms with Crippen molar-refractivity contribution in [2.75, 3.05) is 18.8 Å². The molecule has 1 aliphatic carbocycles. The second-order valence-electron chi connectivity index (χ2n) is 7.48. The molecule has 28 heavy (non-hydrogen) atoms. The Balaban J connectivity index is 1.57. The zero-order chi connectivity index (χ0) is 19.9. The van der Waals surface area contributed by atoms with E-state index in [0.29, 0.717) is 23.3 Å². The van der Waals surface area contributed by atoms with Crippen molar-refractivity contribution < 1.29 is 9.59 Å². The maximum absolute atomic E-state index is 12.6. The van der Waals surface area contributed by atoms with Gasteiger partial charge in [-0.15, -0.1) is 0 Å². The van der Waals surface area contributed by atoms with Gasteiger partial charge in [0.15, 0.2) is 5.17 Å². The lowest BCUT2D eigenvalue weighted by Crippen LogP contribution is -2.34. The first-order valence-electron chi connectivity index (χ1n) is 10.1. The third kappa shape index (κ3) is 5.47. The zero-order valence-electron chi connectivity index (χ0n) is 16.7. The molecule has 0 aromatic heterocycles. The van der Waals surface area contributed by atoms with Crippen molar-refractivity contribution in [2.45, 2.75) is 46.0 Å². The number of nitrogens with one attached hydrogen (secondary N) is 1. The fourth-order valence-electron chi connectivity index (χ4n) is 3.57. The highest BCUT2D eigenvalue weighted by Gasteiger charge is 2.29. The van der Waals surface area contributed by atoms with Gasteiger partial charge >= 0.3 is 0 Å². The van der Waals surface area contributed by atoms with Crippen molar-refractivity contribution in [1.29, 1.82) is 0 Å². The second-order valence-corrected chi connectivity index (χ2v) is 8.42. The van der Waals surface area contributed by atoms with Gasteiger partial charge in [-0.05, 0) is 44.2 Å². The molecule has 0 spiro atoms. The predicted octanol–water partition coefficient (Wildman–Crippen LogP) is 3.98. The third-order valence-electron chi connectivity index (χ3n) is 5.25. The van der Waals surface area contributed by atoms with E-state index in [2.05, 4.69) is 10.3 Å². The quantitative estimate of drug-likeness (QED) is 0.736. The lowest BCUT2D eigenvalue weighted by molar-refractivity contribution is -0.122. The Hall–Kier alpha value is -2.08. The maximum atomic E-state index is 12.6. The molecule has 2 aliphatic rings. The van der Waals surface area contributed by atoms with Crippen LogP contribution in [-0.2, 0) is 9.59 Å². The number of hydrogen-bond acceptors (Lipinski definition) is 4. The summed E-state index contributed by atoms with van der Waals surface area (Å²) in [5, 5.41) is 3.65. The van der Waals surface area contributed by atoms with Crippen molar-refractivity contribution in [2.24, 2.45) is 10.9 Å². The van der Waals surface area contributed by atoms with Gasteiger partial charge in [0.05, 0.1) is 5.75 Å². The average Bonchev–Trinajstić information content (AvgIpc) is 3.01. The molecule has 1 fully saturated rings. The molecular formula is C22H29N3O2S. The fourth-order valence-corrected chi connectivity index (χ4v) is 4.46. The van der Waals surface area contributed by atoms with Gasteiger partial charge in [-0.2, -0.15) is 0 Å². The van der Waals surface area contributed by atoms with Crippen molar-refractivity contribution in [3.8, 4) is 0 Å². The number of benzene rings is 1. The van der Waals surface area contributed by atoms with Gasteiger partial charge in [-0.1, -0.05) is 60.9 Å². The van der Waals surface area contributed by atoms with Gasteiger partial charge in [0.2, 0.25) is 5.91 Å². The first-order valence-corrected chi connectivity index (χ1v) is 11.1. The molecule has 0 saturated heterocycles. The highest BCUT2D eigenvalue weighted by molar-refractivity contribution is 8.14. The largest absolute Gasteiger partial charge is 0.355 e. The van der Waals surface area contributed by atoms with Crippen LogP contribution in [0.3, 0.4) is 0 Å². The van der Waals surface area contributed by atoms with Crippen LogP contribution in [-0.4, -0.2) is 40.7 Å². The number of likely N-dealkylation sites (N-methyl/N-ethyl adjacent to an activating group) is 1. The molecule has 5 nitrogen and oxygen atoms in total. The van der Waals surface area contributed by atoms with Gasteiger partial charge in [0, 0.05) is 13.1 Å². The van der Waals surface area contributed by atoms with Crippen LogP contribution >= 0.6 is 11.8 Å². The predicted molar refractivity (Wildman–Crippen MR) is 116 cm³/mol. The maximum Gasteiger partial charge on any atom is 0.278 e. The SMILES string of the molecule is CCN1C(=O)/C(=C/c2ccc(C)cc2)N=C1SCC(=O)NCC1CCCCC1. The number of aliphatic imine (C=N–C) groups is 1. The smallest absolute Gasteiger partial charge is 0.278 e. The standard InChI is InChI=1S/C22H29N3O2S/c1-3-25-21(27)19(13-17-11-9-16(2)10-12-17)24-22(25)28-15-20(26)23-14-18-7-5-4-6-8-18/h9-13,18H,3-8,14-15H2,1-2H3,(H,23,26)/b19-13-. The second kappa shape index (κ2) is 9.92. The van der Waals surface area contributed by atoms with Crippen molar-refractivity contribution in [3.05, 3.63) is 41.1 Å². The summed E-state index contributed by atoms with van der Waals surface area (Å²) in [5.41, 5.74) is 2.55. The highest BCUT2D eigenvalue weighted by atomic mass is 32.2. The van der Waals surface area contributed by atoms with Crippen LogP contribution in [0.25, 0.3) is 6.08 Å². The molecule has 0 bridgehead atoms. The molecule has 1 heterocycles. The first-order chi connectivity index (χ1) is 13.6. The third-order valence-corrected chi connectivity index (χ3v) is 6.23. The molecule has 2 amide bonds. The van der Waals surface area contributed by atoms with Crippen molar-refractivity contribution >= 4 is 34.8 Å². The lowest BCUT2D eigenvalue weighted by atomic mass is 9.89. The van der Waals surface area contributed by atoms with Crippen LogP contribution in [0.1, 0.15) is 50.2 Å². The number of carbonyl (C=O) groups is 2. The fraction of sp³-hybridized carbons (Fsp3) is 0.500. The van der Waals surface area contributed by atoms with Gasteiger partial charge in [0.25, 0.3) is 5.91 Å². The lowest BCUT2D eigenvalue weighted by Gasteiger charge is -2.21. The topological polar surface area (TPSA) is 61.8 Å². The molecule has 1 saturated carbocycles. The molecule has 0 unspecified atom stereocenters. The molecule has 1 N–H and O–H groups in total. The number of amidine groups is 1. The number of aryl methyl sites for hydroxylation is 1. The molecule has 0 atom stereocenters. The molecule has 6 heteroatoms. The minimum atomic E-state index is -0.104. The van der Waals surface area contributed by atoms with E-state index in [0.717, 1.165) is 12.1 Å². The van der Waals surface area contributed by atoms with E-state index in [4.69, 9.17) is 0 Å². The highest BCUT2D eigenvalue weighted by Crippen LogP contribution is 2.25. The Kier molecular flexibility index (Phi) is 7.31. The average molecular weight is 400 g/mol. The summed E-state index contributed by atoms with van der Waals surface area (Å²) < 4.78 is 0. The summed E-state index contributed by atoms with van der Waals surface area (Å²) in [6, 6.07) is 7.98. The molecule has 3 rings (SSSR count). The Morgan fingerprint density at radius 1 is 1.25 bits per heavy atom. The molecule has 150 valence electrons. The number of thioether (sulfide) groups is 1. The minimum absolute atomic E-state index is 0.0118. The number of carbonyl (C=O) groups excluding carboxylic acids is 2. The normalized spacial score (nSPS) is 19.2. The van der Waals surface area contributed by atoms with E-state index in [9.17, 15) is 9.59 Å². The van der Waals surface area contributed by atoms with Gasteiger partial charge in [0.1, 0.15) is 5.70 Å². The number of nitrogens with zero attached hydrogens (tertiary/aromatic N) is 2. The van der Waals surface area contributed by atoms with Crippen LogP contribution in [0.15, 0.2) is 35.0 Å². The van der Waals surface area contributed by atoms with Crippen molar-refractivity contribution in [1.82, 2.24) is 10.2 Å². The Morgan fingerprint density at radius 2 is 1.96 bits per heavy atom. The Labute approximate surface area is 171 Å². The van der Waals surface area contributed by atoms with Gasteiger partial charge in [-0.3, -0.25) is 14.5 Å². The molecule has 1 aromatic rings. The summed E-state index contributed by atoms with van der Waals surface area (Å²) in [5.74, 6) is 0.808. The van der Waals surface area contributed by atoms with Crippen LogP contribution in [0, 0.1) is 12.8 Å². The summed E-state index contributed by atoms with van der Waals surface area (Å²) in [4.78, 5) is 31.0. The number of amides is 2. The Bertz CT molecular complexity index is 764. The van der Waals surface area contributed by atoms with Crippen LogP contribution in [0.2, 0.25) is 0 Å².